The van der Waals surface area contributed by atoms with Gasteiger partial charge in [-0.05, 0) is 33.8 Å². The third kappa shape index (κ3) is 2.48. The molecule has 2 fully saturated rings. The number of fused-ring (bicyclic) bond motifs is 1. The van der Waals surface area contributed by atoms with Gasteiger partial charge in [0.05, 0.1) is 17.2 Å². The molecule has 2 aromatic heterocycles. The van der Waals surface area contributed by atoms with Gasteiger partial charge >= 0.3 is 7.12 Å². The van der Waals surface area contributed by atoms with Gasteiger partial charge in [0, 0.05) is 43.3 Å². The van der Waals surface area contributed by atoms with Crippen molar-refractivity contribution in [1.29, 1.82) is 0 Å². The molecule has 0 aromatic carbocycles. The second-order valence-electron chi connectivity index (χ2n) is 8.09. The molecule has 0 radical (unpaired) electrons. The molecule has 132 valence electrons. The highest BCUT2D eigenvalue weighted by molar-refractivity contribution is 6.65. The minimum absolute atomic E-state index is 0.0890. The van der Waals surface area contributed by atoms with Crippen LogP contribution in [0.4, 0.5) is 0 Å². The van der Waals surface area contributed by atoms with E-state index in [4.69, 9.17) is 9.31 Å². The van der Waals surface area contributed by atoms with Gasteiger partial charge in [-0.15, -0.1) is 0 Å². The number of pyridine rings is 1. The van der Waals surface area contributed by atoms with Gasteiger partial charge < -0.3 is 18.8 Å². The van der Waals surface area contributed by atoms with E-state index in [2.05, 4.69) is 43.4 Å². The van der Waals surface area contributed by atoms with E-state index in [1.54, 1.807) is 11.1 Å². The average molecular weight is 341 g/mol. The van der Waals surface area contributed by atoms with Crippen molar-refractivity contribution < 1.29 is 14.1 Å². The molecule has 2 aromatic rings. The summed E-state index contributed by atoms with van der Waals surface area (Å²) in [5, 5.41) is 1.02. The van der Waals surface area contributed by atoms with Gasteiger partial charge in [0.15, 0.2) is 0 Å². The first-order valence-electron chi connectivity index (χ1n) is 8.75. The molecule has 2 aliphatic heterocycles. The maximum Gasteiger partial charge on any atom is 0.497 e. The summed E-state index contributed by atoms with van der Waals surface area (Å²) in [7, 11) is 1.41. The van der Waals surface area contributed by atoms with E-state index in [-0.39, 0.29) is 11.9 Å². The van der Waals surface area contributed by atoms with Crippen LogP contribution < -0.4 is 5.46 Å². The summed E-state index contributed by atoms with van der Waals surface area (Å²) in [6.45, 7) is 8.90. The first-order valence-corrected chi connectivity index (χ1v) is 8.75. The molecule has 4 rings (SSSR count). The van der Waals surface area contributed by atoms with Gasteiger partial charge in [-0.3, -0.25) is 4.79 Å². The van der Waals surface area contributed by atoms with E-state index in [0.29, 0.717) is 13.0 Å². The topological polar surface area (TPSA) is 56.6 Å². The predicted molar refractivity (Wildman–Crippen MR) is 96.7 cm³/mol. The quantitative estimate of drug-likeness (QED) is 0.781. The van der Waals surface area contributed by atoms with Crippen LogP contribution in [0.3, 0.4) is 0 Å². The van der Waals surface area contributed by atoms with Gasteiger partial charge in [0.25, 0.3) is 0 Å². The lowest BCUT2D eigenvalue weighted by Gasteiger charge is -2.32. The van der Waals surface area contributed by atoms with Crippen molar-refractivity contribution in [1.82, 2.24) is 14.5 Å². The monoisotopic (exact) mass is 341 g/mol. The smallest absolute Gasteiger partial charge is 0.399 e. The fourth-order valence-electron chi connectivity index (χ4n) is 3.57. The van der Waals surface area contributed by atoms with E-state index in [1.165, 1.54) is 0 Å². The first-order chi connectivity index (χ1) is 11.7. The van der Waals surface area contributed by atoms with Crippen molar-refractivity contribution in [3.8, 4) is 0 Å². The van der Waals surface area contributed by atoms with Crippen LogP contribution in [0.5, 0.6) is 0 Å². The van der Waals surface area contributed by atoms with E-state index >= 15 is 0 Å². The second kappa shape index (κ2) is 5.32. The Labute approximate surface area is 148 Å². The Kier molecular flexibility index (Phi) is 3.53. The largest absolute Gasteiger partial charge is 0.497 e. The molecule has 0 N–H and O–H groups in total. The molecule has 0 bridgehead atoms. The summed E-state index contributed by atoms with van der Waals surface area (Å²) in [6.07, 6.45) is 4.34. The molecule has 1 atom stereocenters. The van der Waals surface area contributed by atoms with Crippen molar-refractivity contribution in [2.45, 2.75) is 51.4 Å². The fraction of sp³-hybridized carbons (Fsp3) is 0.556. The number of nitrogens with zero attached hydrogens (tertiary/aromatic N) is 3. The number of hydrogen-bond donors (Lipinski definition) is 0. The number of likely N-dealkylation sites (tertiary alicyclic amines) is 1. The number of amides is 1. The van der Waals surface area contributed by atoms with Gasteiger partial charge in [-0.2, -0.15) is 0 Å². The molecular formula is C18H24BN3O3. The van der Waals surface area contributed by atoms with Gasteiger partial charge in [0.1, 0.15) is 5.65 Å². The number of aromatic nitrogens is 2. The predicted octanol–water partition coefficient (Wildman–Crippen LogP) is 1.74. The summed E-state index contributed by atoms with van der Waals surface area (Å²) in [5.41, 5.74) is 1.07. The molecule has 7 heteroatoms. The molecule has 1 amide bonds. The minimum atomic E-state index is -0.437. The number of carbonyl (C=O) groups excluding carboxylic acids is 1. The molecule has 0 saturated carbocycles. The van der Waals surface area contributed by atoms with Crippen LogP contribution >= 0.6 is 0 Å². The zero-order chi connectivity index (χ0) is 18.0. The highest BCUT2D eigenvalue weighted by Gasteiger charge is 2.52. The van der Waals surface area contributed by atoms with Crippen LogP contribution in [0.15, 0.2) is 24.5 Å². The number of hydrogen-bond acceptors (Lipinski definition) is 4. The van der Waals surface area contributed by atoms with Crippen LogP contribution in [0.25, 0.3) is 11.0 Å². The molecule has 4 heterocycles. The molecule has 0 spiro atoms. The zero-order valence-corrected chi connectivity index (χ0v) is 15.4. The van der Waals surface area contributed by atoms with Crippen molar-refractivity contribution in [3.63, 3.8) is 0 Å². The Morgan fingerprint density at radius 1 is 1.24 bits per heavy atom. The minimum Gasteiger partial charge on any atom is -0.399 e. The first kappa shape index (κ1) is 16.6. The van der Waals surface area contributed by atoms with Crippen LogP contribution in [0.1, 0.15) is 40.2 Å². The van der Waals surface area contributed by atoms with Gasteiger partial charge in [0.2, 0.25) is 5.91 Å². The van der Waals surface area contributed by atoms with Crippen molar-refractivity contribution in [2.75, 3.05) is 13.6 Å². The van der Waals surface area contributed by atoms with E-state index < -0.39 is 18.3 Å². The molecule has 0 aliphatic carbocycles. The summed E-state index contributed by atoms with van der Waals surface area (Å²) in [4.78, 5) is 18.3. The van der Waals surface area contributed by atoms with Gasteiger partial charge in [-0.25, -0.2) is 4.98 Å². The van der Waals surface area contributed by atoms with Crippen molar-refractivity contribution in [3.05, 3.63) is 24.5 Å². The SMILES string of the molecule is CN1C[C@@H](n2cc(B3OC(C)(C)C(C)(C)O3)c3cccnc32)CC1=O. The van der Waals surface area contributed by atoms with Crippen LogP contribution in [-0.2, 0) is 14.1 Å². The lowest BCUT2D eigenvalue weighted by atomic mass is 9.79. The number of rotatable bonds is 2. The third-order valence-electron chi connectivity index (χ3n) is 5.84. The highest BCUT2D eigenvalue weighted by atomic mass is 16.7. The van der Waals surface area contributed by atoms with E-state index in [1.807, 2.05) is 19.2 Å². The fourth-order valence-corrected chi connectivity index (χ4v) is 3.57. The van der Waals surface area contributed by atoms with Crippen LogP contribution in [0, 0.1) is 0 Å². The van der Waals surface area contributed by atoms with E-state index in [9.17, 15) is 4.79 Å². The average Bonchev–Trinajstić information content (AvgIpc) is 3.13. The molecule has 6 nitrogen and oxygen atoms in total. The molecule has 25 heavy (non-hydrogen) atoms. The Balaban J connectivity index is 1.78. The lowest BCUT2D eigenvalue weighted by Crippen LogP contribution is -2.41. The van der Waals surface area contributed by atoms with Crippen molar-refractivity contribution >= 4 is 29.5 Å². The summed E-state index contributed by atoms with van der Waals surface area (Å²) >= 11 is 0. The Morgan fingerprint density at radius 3 is 2.52 bits per heavy atom. The third-order valence-corrected chi connectivity index (χ3v) is 5.84. The number of carbonyl (C=O) groups is 1. The molecule has 2 aliphatic rings. The molecule has 2 saturated heterocycles. The highest BCUT2D eigenvalue weighted by Crippen LogP contribution is 2.37. The molecule has 0 unspecified atom stereocenters. The standard InChI is InChI=1S/C18H24BN3O3/c1-17(2)18(3,4)25-19(24-17)14-11-22(12-9-15(23)21(5)10-12)16-13(14)7-6-8-20-16/h6-8,11-12H,9-10H2,1-5H3/t12-/m0/s1. The Morgan fingerprint density at radius 2 is 1.92 bits per heavy atom. The van der Waals surface area contributed by atoms with Crippen LogP contribution in [-0.4, -0.2) is 52.3 Å². The number of likely N-dealkylation sites (N-methyl/N-ethyl adjacent to an activating group) is 1. The summed E-state index contributed by atoms with van der Waals surface area (Å²) < 4.78 is 14.6. The lowest BCUT2D eigenvalue weighted by molar-refractivity contribution is -0.126. The summed E-state index contributed by atoms with van der Waals surface area (Å²) in [6, 6.07) is 4.05. The zero-order valence-electron chi connectivity index (χ0n) is 15.4. The Hall–Kier alpha value is -1.86. The normalized spacial score (nSPS) is 25.3. The molecular weight excluding hydrogens is 317 g/mol. The van der Waals surface area contributed by atoms with Crippen molar-refractivity contribution in [2.24, 2.45) is 0 Å². The summed E-state index contributed by atoms with van der Waals surface area (Å²) in [5.74, 6) is 0.167. The maximum absolute atomic E-state index is 12.0. The van der Waals surface area contributed by atoms with Crippen LogP contribution in [0.2, 0.25) is 0 Å². The van der Waals surface area contributed by atoms with E-state index in [0.717, 1.165) is 16.5 Å². The van der Waals surface area contributed by atoms with Gasteiger partial charge in [-0.1, -0.05) is 6.07 Å². The second-order valence-corrected chi connectivity index (χ2v) is 8.09. The maximum atomic E-state index is 12.0. The Bertz CT molecular complexity index is 829.